The maximum Gasteiger partial charge on any atom is 0.266 e. The van der Waals surface area contributed by atoms with Gasteiger partial charge in [-0.1, -0.05) is 67.4 Å². The zero-order chi connectivity index (χ0) is 24.6. The summed E-state index contributed by atoms with van der Waals surface area (Å²) in [6.07, 6.45) is 6.42. The fourth-order valence-electron chi connectivity index (χ4n) is 5.10. The highest BCUT2D eigenvalue weighted by Crippen LogP contribution is 2.36. The van der Waals surface area contributed by atoms with Gasteiger partial charge in [-0.2, -0.15) is 0 Å². The number of imide groups is 1. The number of ketones is 1. The van der Waals surface area contributed by atoms with Crippen molar-refractivity contribution in [3.63, 3.8) is 0 Å². The predicted octanol–water partition coefficient (Wildman–Crippen LogP) is 7.12. The Balaban J connectivity index is 1.14. The Kier molecular flexibility index (Phi) is 6.19. The van der Waals surface area contributed by atoms with Gasteiger partial charge < -0.3 is 0 Å². The molecular weight excluding hydrogens is 488 g/mol. The number of carbonyl (C=O) groups excluding carboxylic acids is 3. The zero-order valence-corrected chi connectivity index (χ0v) is 21.2. The van der Waals surface area contributed by atoms with Crippen molar-refractivity contribution in [2.45, 2.75) is 42.4 Å². The van der Waals surface area contributed by atoms with Gasteiger partial charge in [-0.15, -0.1) is 11.3 Å². The number of hydrogen-bond donors (Lipinski definition) is 0. The number of anilines is 1. The quantitative estimate of drug-likeness (QED) is 0.156. The molecule has 0 radical (unpaired) electrons. The van der Waals surface area contributed by atoms with Gasteiger partial charge in [-0.25, -0.2) is 9.88 Å². The molecule has 2 amide bonds. The number of hydrogen-bond acceptors (Lipinski definition) is 6. The van der Waals surface area contributed by atoms with Crippen LogP contribution in [0.4, 0.5) is 5.69 Å². The lowest BCUT2D eigenvalue weighted by Crippen LogP contribution is -2.29. The number of amides is 2. The number of benzene rings is 3. The maximum atomic E-state index is 12.8. The number of thioether (sulfide) groups is 1. The van der Waals surface area contributed by atoms with E-state index in [0.717, 1.165) is 20.1 Å². The average molecular weight is 513 g/mol. The number of rotatable bonds is 6. The highest BCUT2D eigenvalue weighted by atomic mass is 32.2. The Morgan fingerprint density at radius 3 is 2.31 bits per heavy atom. The van der Waals surface area contributed by atoms with E-state index in [4.69, 9.17) is 0 Å². The molecule has 1 aliphatic heterocycles. The van der Waals surface area contributed by atoms with Crippen LogP contribution >= 0.6 is 23.1 Å². The summed E-state index contributed by atoms with van der Waals surface area (Å²) in [6.45, 7) is 0. The normalized spacial score (nSPS) is 16.1. The Morgan fingerprint density at radius 2 is 1.61 bits per heavy atom. The highest BCUT2D eigenvalue weighted by molar-refractivity contribution is 8.01. The van der Waals surface area contributed by atoms with E-state index in [1.54, 1.807) is 30.3 Å². The third-order valence-corrected chi connectivity index (χ3v) is 9.20. The van der Waals surface area contributed by atoms with Crippen molar-refractivity contribution in [1.82, 2.24) is 4.98 Å². The van der Waals surface area contributed by atoms with Crippen molar-refractivity contribution in [2.75, 3.05) is 10.7 Å². The first-order valence-electron chi connectivity index (χ1n) is 12.2. The topological polar surface area (TPSA) is 67.3 Å². The van der Waals surface area contributed by atoms with Crippen LogP contribution in [0.1, 0.15) is 74.7 Å². The molecule has 2 aliphatic rings. The van der Waals surface area contributed by atoms with Crippen LogP contribution in [0.25, 0.3) is 10.2 Å². The van der Waals surface area contributed by atoms with Gasteiger partial charge in [0.25, 0.3) is 11.8 Å². The molecule has 1 aromatic heterocycles. The molecule has 7 heteroatoms. The van der Waals surface area contributed by atoms with Crippen LogP contribution in [0.15, 0.2) is 71.1 Å². The van der Waals surface area contributed by atoms with Crippen molar-refractivity contribution in [2.24, 2.45) is 0 Å². The van der Waals surface area contributed by atoms with E-state index in [0.29, 0.717) is 28.5 Å². The van der Waals surface area contributed by atoms with Crippen molar-refractivity contribution < 1.29 is 14.4 Å². The number of Topliss-reactive ketones (excluding diaryl/α,β-unsaturated/α-hetero) is 1. The molecule has 3 aromatic carbocycles. The molecule has 2 heterocycles. The van der Waals surface area contributed by atoms with Crippen molar-refractivity contribution in [3.05, 3.63) is 89.0 Å². The summed E-state index contributed by atoms with van der Waals surface area (Å²) in [6, 6.07) is 20.4. The SMILES string of the molecule is O=C(CSc1nc2ccc(N3C(=O)c4ccccc4C3=O)cc2s1)c1ccc(C2CCCCC2)cc1. The predicted molar refractivity (Wildman–Crippen MR) is 145 cm³/mol. The maximum absolute atomic E-state index is 12.8. The van der Waals surface area contributed by atoms with Crippen LogP contribution < -0.4 is 4.90 Å². The number of thiazole rings is 1. The molecule has 0 saturated heterocycles. The van der Waals surface area contributed by atoms with Crippen LogP contribution in [-0.4, -0.2) is 28.3 Å². The van der Waals surface area contributed by atoms with E-state index in [2.05, 4.69) is 17.1 Å². The molecule has 0 bridgehead atoms. The summed E-state index contributed by atoms with van der Waals surface area (Å²) in [5.74, 6) is 0.406. The number of aromatic nitrogens is 1. The van der Waals surface area contributed by atoms with Gasteiger partial charge in [-0.3, -0.25) is 14.4 Å². The lowest BCUT2D eigenvalue weighted by molar-refractivity contribution is 0.0925. The van der Waals surface area contributed by atoms with Crippen LogP contribution in [0, 0.1) is 0 Å². The first kappa shape index (κ1) is 23.1. The summed E-state index contributed by atoms with van der Waals surface area (Å²) >= 11 is 2.89. The minimum Gasteiger partial charge on any atom is -0.293 e. The molecular formula is C29H24N2O3S2. The van der Waals surface area contributed by atoms with E-state index in [-0.39, 0.29) is 17.6 Å². The second-order valence-electron chi connectivity index (χ2n) is 9.29. The van der Waals surface area contributed by atoms with Crippen LogP contribution in [0.3, 0.4) is 0 Å². The number of fused-ring (bicyclic) bond motifs is 2. The smallest absolute Gasteiger partial charge is 0.266 e. The molecule has 0 atom stereocenters. The van der Waals surface area contributed by atoms with Gasteiger partial charge >= 0.3 is 0 Å². The fraction of sp³-hybridized carbons (Fsp3) is 0.241. The Morgan fingerprint density at radius 1 is 0.917 bits per heavy atom. The lowest BCUT2D eigenvalue weighted by atomic mass is 9.84. The third kappa shape index (κ3) is 4.27. The van der Waals surface area contributed by atoms with Gasteiger partial charge in [0.05, 0.1) is 32.8 Å². The Labute approximate surface area is 217 Å². The number of carbonyl (C=O) groups is 3. The van der Waals surface area contributed by atoms with Gasteiger partial charge in [0, 0.05) is 5.56 Å². The average Bonchev–Trinajstić information content (AvgIpc) is 3.45. The first-order valence-corrected chi connectivity index (χ1v) is 14.0. The minimum atomic E-state index is -0.311. The summed E-state index contributed by atoms with van der Waals surface area (Å²) in [7, 11) is 0. The second-order valence-corrected chi connectivity index (χ2v) is 11.5. The molecule has 0 spiro atoms. The zero-order valence-electron chi connectivity index (χ0n) is 19.6. The van der Waals surface area contributed by atoms with E-state index >= 15 is 0 Å². The van der Waals surface area contributed by atoms with Crippen LogP contribution in [-0.2, 0) is 0 Å². The van der Waals surface area contributed by atoms with E-state index in [1.165, 1.54) is 65.7 Å². The molecule has 1 aliphatic carbocycles. The monoisotopic (exact) mass is 512 g/mol. The molecule has 36 heavy (non-hydrogen) atoms. The van der Waals surface area contributed by atoms with Crippen LogP contribution in [0.5, 0.6) is 0 Å². The molecule has 4 aromatic rings. The van der Waals surface area contributed by atoms with Gasteiger partial charge in [0.15, 0.2) is 10.1 Å². The summed E-state index contributed by atoms with van der Waals surface area (Å²) in [4.78, 5) is 44.3. The van der Waals surface area contributed by atoms with Crippen molar-refractivity contribution in [1.29, 1.82) is 0 Å². The molecule has 0 N–H and O–H groups in total. The van der Waals surface area contributed by atoms with Gasteiger partial charge in [-0.05, 0) is 54.7 Å². The summed E-state index contributed by atoms with van der Waals surface area (Å²) in [5, 5.41) is 0. The molecule has 180 valence electrons. The second kappa shape index (κ2) is 9.64. The van der Waals surface area contributed by atoms with E-state index in [1.807, 2.05) is 24.3 Å². The number of nitrogens with zero attached hydrogens (tertiary/aromatic N) is 2. The molecule has 1 saturated carbocycles. The fourth-order valence-corrected chi connectivity index (χ4v) is 7.10. The van der Waals surface area contributed by atoms with Gasteiger partial charge in [0.2, 0.25) is 0 Å². The largest absolute Gasteiger partial charge is 0.293 e. The van der Waals surface area contributed by atoms with Gasteiger partial charge in [0.1, 0.15) is 0 Å². The van der Waals surface area contributed by atoms with Crippen LogP contribution in [0.2, 0.25) is 0 Å². The van der Waals surface area contributed by atoms with E-state index in [9.17, 15) is 14.4 Å². The summed E-state index contributed by atoms with van der Waals surface area (Å²) in [5.41, 5.74) is 4.24. The van der Waals surface area contributed by atoms with E-state index < -0.39 is 0 Å². The third-order valence-electron chi connectivity index (χ3n) is 7.04. The summed E-state index contributed by atoms with van der Waals surface area (Å²) < 4.78 is 1.66. The highest BCUT2D eigenvalue weighted by Gasteiger charge is 2.36. The standard InChI is InChI=1S/C29H24N2O3S2/c32-25(20-12-10-19(11-13-20)18-6-2-1-3-7-18)17-35-29-30-24-15-14-21(16-26(24)36-29)31-27(33)22-8-4-5-9-23(22)28(31)34/h4-5,8-16,18H,1-3,6-7,17H2. The molecule has 6 rings (SSSR count). The van der Waals surface area contributed by atoms with Crippen molar-refractivity contribution >= 4 is 56.6 Å². The Bertz CT molecular complexity index is 1450. The Hall–Kier alpha value is -3.29. The lowest BCUT2D eigenvalue weighted by Gasteiger charge is -2.22. The molecule has 1 fully saturated rings. The molecule has 5 nitrogen and oxygen atoms in total. The molecule has 0 unspecified atom stereocenters. The van der Waals surface area contributed by atoms with Crippen molar-refractivity contribution in [3.8, 4) is 0 Å². The first-order chi connectivity index (χ1) is 17.6. The minimum absolute atomic E-state index is 0.0844.